The molecule has 0 aliphatic carbocycles. The van der Waals surface area contributed by atoms with Gasteiger partial charge >= 0.3 is 6.18 Å². The lowest BCUT2D eigenvalue weighted by Gasteiger charge is -2.07. The molecule has 0 spiro atoms. The molecule has 1 aromatic rings. The third kappa shape index (κ3) is 3.84. The molecule has 1 rings (SSSR count). The van der Waals surface area contributed by atoms with Gasteiger partial charge in [0.1, 0.15) is 0 Å². The smallest absolute Gasteiger partial charge is 0.368 e. The Morgan fingerprint density at radius 3 is 2.83 bits per heavy atom. The normalized spacial score (nSPS) is 10.2. The van der Waals surface area contributed by atoms with Gasteiger partial charge < -0.3 is 5.73 Å². The van der Waals surface area contributed by atoms with E-state index in [1.54, 1.807) is 0 Å². The summed E-state index contributed by atoms with van der Waals surface area (Å²) in [4.78, 5) is 9.05. The number of hydrogen-bond acceptors (Lipinski definition) is 4. The second kappa shape index (κ2) is 5.75. The lowest BCUT2D eigenvalue weighted by molar-refractivity contribution is -0.141. The summed E-state index contributed by atoms with van der Waals surface area (Å²) in [6.07, 6.45) is -3.59. The van der Waals surface area contributed by atoms with Crippen molar-refractivity contribution < 1.29 is 13.2 Å². The van der Waals surface area contributed by atoms with E-state index in [-0.39, 0.29) is 18.5 Å². The van der Waals surface area contributed by atoms with Crippen molar-refractivity contribution in [2.75, 3.05) is 12.3 Å². The minimum Gasteiger partial charge on any atom is -0.368 e. The average Bonchev–Trinajstić information content (AvgIpc) is 2.29. The average molecular weight is 256 g/mol. The van der Waals surface area contributed by atoms with Crippen molar-refractivity contribution in [2.45, 2.75) is 12.6 Å². The van der Waals surface area contributed by atoms with E-state index in [1.165, 1.54) is 0 Å². The molecule has 0 saturated heterocycles. The van der Waals surface area contributed by atoms with Gasteiger partial charge in [-0.1, -0.05) is 17.0 Å². The summed E-state index contributed by atoms with van der Waals surface area (Å²) in [7, 11) is 0. The van der Waals surface area contributed by atoms with Crippen molar-refractivity contribution in [3.8, 4) is 11.8 Å². The fourth-order valence-electron chi connectivity index (χ4n) is 1.01. The maximum Gasteiger partial charge on any atom is 0.434 e. The van der Waals surface area contributed by atoms with Gasteiger partial charge in [0.25, 0.3) is 0 Å². The van der Waals surface area contributed by atoms with Crippen molar-refractivity contribution in [2.24, 2.45) is 5.11 Å². The number of anilines is 1. The Kier molecular flexibility index (Phi) is 4.34. The molecule has 0 aliphatic heterocycles. The maximum atomic E-state index is 12.6. The zero-order chi connectivity index (χ0) is 13.6. The molecule has 94 valence electrons. The van der Waals surface area contributed by atoms with Crippen LogP contribution < -0.4 is 5.73 Å². The lowest BCUT2D eigenvalue weighted by Crippen LogP contribution is -2.13. The van der Waals surface area contributed by atoms with Crippen LogP contribution in [0.15, 0.2) is 11.3 Å². The molecule has 1 heterocycles. The molecule has 2 N–H and O–H groups in total. The first kappa shape index (κ1) is 13.6. The Bertz CT molecular complexity index is 535. The standard InChI is InChI=1S/C9H7F3N6/c10-9(11,12)7-6(5-15-8(13)17-7)3-1-2-4-16-18-14/h5H,2,4H2,(H2,13,15,17). The number of nitrogen functional groups attached to an aromatic ring is 1. The predicted molar refractivity (Wildman–Crippen MR) is 57.0 cm³/mol. The maximum absolute atomic E-state index is 12.6. The molecule has 6 nitrogen and oxygen atoms in total. The van der Waals surface area contributed by atoms with Gasteiger partial charge in [0.05, 0.1) is 5.56 Å². The SMILES string of the molecule is [N-]=[N+]=NCCC#Cc1cnc(N)nc1C(F)(F)F. The summed E-state index contributed by atoms with van der Waals surface area (Å²) in [5, 5.41) is 3.19. The van der Waals surface area contributed by atoms with Crippen LogP contribution in [-0.4, -0.2) is 16.5 Å². The van der Waals surface area contributed by atoms with E-state index in [1.807, 2.05) is 0 Å². The van der Waals surface area contributed by atoms with Crippen LogP contribution in [0, 0.1) is 11.8 Å². The van der Waals surface area contributed by atoms with Gasteiger partial charge in [-0.3, -0.25) is 0 Å². The predicted octanol–water partition coefficient (Wildman–Crippen LogP) is 2.13. The fraction of sp³-hybridized carbons (Fsp3) is 0.333. The first-order chi connectivity index (χ1) is 8.45. The number of alkyl halides is 3. The van der Waals surface area contributed by atoms with E-state index < -0.39 is 17.8 Å². The number of nitrogens with zero attached hydrogens (tertiary/aromatic N) is 5. The molecule has 0 fully saturated rings. The van der Waals surface area contributed by atoms with Crippen molar-refractivity contribution in [1.82, 2.24) is 9.97 Å². The summed E-state index contributed by atoms with van der Waals surface area (Å²) < 4.78 is 37.7. The molecule has 0 aromatic carbocycles. The number of nitrogens with two attached hydrogens (primary N) is 1. The Labute approximate surface area is 99.7 Å². The Hall–Kier alpha value is -2.46. The molecule has 0 unspecified atom stereocenters. The highest BCUT2D eigenvalue weighted by molar-refractivity contribution is 5.40. The zero-order valence-electron chi connectivity index (χ0n) is 8.94. The number of halogens is 3. The van der Waals surface area contributed by atoms with Gasteiger partial charge in [-0.2, -0.15) is 13.2 Å². The van der Waals surface area contributed by atoms with Gasteiger partial charge in [-0.05, 0) is 5.53 Å². The van der Waals surface area contributed by atoms with E-state index in [0.717, 1.165) is 6.20 Å². The van der Waals surface area contributed by atoms with Gasteiger partial charge in [0, 0.05) is 24.1 Å². The minimum absolute atomic E-state index is 0.0840. The van der Waals surface area contributed by atoms with Crippen LogP contribution >= 0.6 is 0 Å². The topological polar surface area (TPSA) is 101 Å². The first-order valence-corrected chi connectivity index (χ1v) is 4.64. The molecule has 0 bridgehead atoms. The van der Waals surface area contributed by atoms with Crippen LogP contribution in [-0.2, 0) is 6.18 Å². The van der Waals surface area contributed by atoms with Crippen molar-refractivity contribution in [3.05, 3.63) is 27.9 Å². The summed E-state index contributed by atoms with van der Waals surface area (Å²) in [6.45, 7) is 0.0840. The van der Waals surface area contributed by atoms with Gasteiger partial charge in [-0.25, -0.2) is 9.97 Å². The largest absolute Gasteiger partial charge is 0.434 e. The summed E-state index contributed by atoms with van der Waals surface area (Å²) in [5.74, 6) is 4.23. The van der Waals surface area contributed by atoms with Crippen LogP contribution in [0.4, 0.5) is 19.1 Å². The Morgan fingerprint density at radius 1 is 1.50 bits per heavy atom. The first-order valence-electron chi connectivity index (χ1n) is 4.64. The van der Waals surface area contributed by atoms with E-state index in [0.29, 0.717) is 0 Å². The minimum atomic E-state index is -4.65. The van der Waals surface area contributed by atoms with Gasteiger partial charge in [-0.15, -0.1) is 0 Å². The molecule has 9 heteroatoms. The quantitative estimate of drug-likeness (QED) is 0.288. The number of hydrogen-bond donors (Lipinski definition) is 1. The molecule has 0 atom stereocenters. The molecule has 18 heavy (non-hydrogen) atoms. The monoisotopic (exact) mass is 256 g/mol. The molecule has 0 amide bonds. The second-order valence-corrected chi connectivity index (χ2v) is 2.99. The van der Waals surface area contributed by atoms with Crippen molar-refractivity contribution in [1.29, 1.82) is 0 Å². The Morgan fingerprint density at radius 2 is 2.22 bits per heavy atom. The van der Waals surface area contributed by atoms with E-state index in [4.69, 9.17) is 11.3 Å². The molecular weight excluding hydrogens is 249 g/mol. The number of rotatable bonds is 2. The second-order valence-electron chi connectivity index (χ2n) is 2.99. The highest BCUT2D eigenvalue weighted by Crippen LogP contribution is 2.29. The highest BCUT2D eigenvalue weighted by Gasteiger charge is 2.35. The van der Waals surface area contributed by atoms with Crippen molar-refractivity contribution >= 4 is 5.95 Å². The summed E-state index contributed by atoms with van der Waals surface area (Å²) in [5.41, 5.74) is 11.5. The van der Waals surface area contributed by atoms with E-state index in [9.17, 15) is 13.2 Å². The highest BCUT2D eigenvalue weighted by atomic mass is 19.4. The van der Waals surface area contributed by atoms with Gasteiger partial charge in [0.15, 0.2) is 5.69 Å². The summed E-state index contributed by atoms with van der Waals surface area (Å²) >= 11 is 0. The summed E-state index contributed by atoms with van der Waals surface area (Å²) in [6, 6.07) is 0. The molecule has 0 aliphatic rings. The van der Waals surface area contributed by atoms with Crippen LogP contribution in [0.5, 0.6) is 0 Å². The van der Waals surface area contributed by atoms with Crippen LogP contribution in [0.2, 0.25) is 0 Å². The third-order valence-electron chi connectivity index (χ3n) is 1.70. The third-order valence-corrected chi connectivity index (χ3v) is 1.70. The lowest BCUT2D eigenvalue weighted by atomic mass is 10.2. The molecule has 0 saturated carbocycles. The molecule has 1 aromatic heterocycles. The van der Waals surface area contributed by atoms with Crippen molar-refractivity contribution in [3.63, 3.8) is 0 Å². The molecular formula is C9H7F3N6. The van der Waals surface area contributed by atoms with E-state index in [2.05, 4.69) is 31.8 Å². The van der Waals surface area contributed by atoms with Gasteiger partial charge in [0.2, 0.25) is 5.95 Å². The zero-order valence-corrected chi connectivity index (χ0v) is 8.94. The molecule has 0 radical (unpaired) electrons. The van der Waals surface area contributed by atoms with E-state index >= 15 is 0 Å². The van der Waals surface area contributed by atoms with Crippen LogP contribution in [0.1, 0.15) is 17.7 Å². The Balaban J connectivity index is 2.98. The van der Waals surface area contributed by atoms with Crippen LogP contribution in [0.3, 0.4) is 0 Å². The number of aromatic nitrogens is 2. The fourth-order valence-corrected chi connectivity index (χ4v) is 1.01. The number of azide groups is 1. The van der Waals surface area contributed by atoms with Crippen LogP contribution in [0.25, 0.3) is 10.4 Å².